The summed E-state index contributed by atoms with van der Waals surface area (Å²) < 4.78 is 0. The number of fused-ring (bicyclic) bond motifs is 1. The molecule has 2 bridgehead atoms. The normalized spacial score (nSPS) is 30.2. The fraction of sp³-hybridized carbons (Fsp3) is 0.714. The minimum absolute atomic E-state index is 0.0729. The highest BCUT2D eigenvalue weighted by molar-refractivity contribution is 5.98. The third-order valence-corrected chi connectivity index (χ3v) is 6.56. The summed E-state index contributed by atoms with van der Waals surface area (Å²) >= 11 is 0. The van der Waals surface area contributed by atoms with Crippen molar-refractivity contribution in [3.05, 3.63) is 0 Å². The first-order valence-electron chi connectivity index (χ1n) is 11.6. The van der Waals surface area contributed by atoms with E-state index in [0.717, 1.165) is 0 Å². The van der Waals surface area contributed by atoms with E-state index in [2.05, 4.69) is 20.9 Å². The topological polar surface area (TPSA) is 209 Å². The second-order valence-corrected chi connectivity index (χ2v) is 8.98. The van der Waals surface area contributed by atoms with E-state index in [9.17, 15) is 29.1 Å². The van der Waals surface area contributed by atoms with Crippen LogP contribution in [0.2, 0.25) is 0 Å². The molecule has 8 N–H and O–H groups in total. The molecule has 0 aromatic carbocycles. The lowest BCUT2D eigenvalue weighted by molar-refractivity contribution is -0.143. The second-order valence-electron chi connectivity index (χ2n) is 8.98. The fourth-order valence-electron chi connectivity index (χ4n) is 5.00. The van der Waals surface area contributed by atoms with Crippen molar-refractivity contribution in [2.24, 2.45) is 16.5 Å². The molecule has 0 aromatic heterocycles. The fourth-order valence-corrected chi connectivity index (χ4v) is 5.00. The van der Waals surface area contributed by atoms with Gasteiger partial charge in [0.15, 0.2) is 11.7 Å². The quantitative estimate of drug-likeness (QED) is 0.136. The number of nitrogens with two attached hydrogens (primary N) is 2. The van der Waals surface area contributed by atoms with Crippen LogP contribution in [0, 0.1) is 0 Å². The molecule has 0 radical (unpaired) electrons. The molecule has 3 saturated heterocycles. The highest BCUT2D eigenvalue weighted by Crippen LogP contribution is 2.33. The van der Waals surface area contributed by atoms with Gasteiger partial charge in [-0.1, -0.05) is 0 Å². The SMILES string of the molecule is NC(N)=NCCC[C@@H]1NC(=O)CNC(=O)[C@H](CC(=O)O)N[C@@H]2CCC[C@@H]3CC[C@@H](C1=O)N3C2=O. The van der Waals surface area contributed by atoms with Gasteiger partial charge in [0.25, 0.3) is 0 Å². The first-order valence-corrected chi connectivity index (χ1v) is 11.6. The van der Waals surface area contributed by atoms with Crippen LogP contribution in [-0.2, 0) is 24.0 Å². The number of aliphatic imine (C=N–C) groups is 1. The summed E-state index contributed by atoms with van der Waals surface area (Å²) in [6.07, 6.45) is 3.14. The maximum absolute atomic E-state index is 13.5. The van der Waals surface area contributed by atoms with Gasteiger partial charge in [-0.2, -0.15) is 0 Å². The molecule has 34 heavy (non-hydrogen) atoms. The summed E-state index contributed by atoms with van der Waals surface area (Å²) in [4.78, 5) is 69.1. The molecular formula is C21H33N7O6. The predicted octanol–water partition coefficient (Wildman–Crippen LogP) is -2.43. The molecule has 3 rings (SSSR count). The number of carboxylic acid groups (broad SMARTS) is 1. The molecule has 3 fully saturated rings. The van der Waals surface area contributed by atoms with Crippen LogP contribution >= 0.6 is 0 Å². The molecule has 3 amide bonds. The van der Waals surface area contributed by atoms with Gasteiger partial charge in [0, 0.05) is 12.6 Å². The average Bonchev–Trinajstić information content (AvgIpc) is 3.13. The van der Waals surface area contributed by atoms with Gasteiger partial charge in [0.1, 0.15) is 0 Å². The number of carbonyl (C=O) groups excluding carboxylic acids is 4. The Labute approximate surface area is 197 Å². The number of ketones is 1. The van der Waals surface area contributed by atoms with Crippen LogP contribution in [0.25, 0.3) is 0 Å². The van der Waals surface area contributed by atoms with Crippen LogP contribution < -0.4 is 27.4 Å². The van der Waals surface area contributed by atoms with E-state index in [1.807, 2.05) is 0 Å². The lowest BCUT2D eigenvalue weighted by Gasteiger charge is -2.33. The number of guanidine groups is 1. The molecule has 13 nitrogen and oxygen atoms in total. The van der Waals surface area contributed by atoms with Gasteiger partial charge in [0.2, 0.25) is 17.7 Å². The van der Waals surface area contributed by atoms with Crippen LogP contribution in [0.3, 0.4) is 0 Å². The van der Waals surface area contributed by atoms with Crippen LogP contribution in [0.15, 0.2) is 4.99 Å². The van der Waals surface area contributed by atoms with E-state index < -0.39 is 54.9 Å². The molecule has 0 saturated carbocycles. The number of aliphatic carboxylic acids is 1. The highest BCUT2D eigenvalue weighted by Gasteiger charge is 2.46. The van der Waals surface area contributed by atoms with Crippen molar-refractivity contribution in [2.75, 3.05) is 13.1 Å². The molecular weight excluding hydrogens is 446 g/mol. The van der Waals surface area contributed by atoms with E-state index >= 15 is 0 Å². The molecule has 3 aliphatic heterocycles. The molecule has 3 aliphatic rings. The zero-order valence-electron chi connectivity index (χ0n) is 19.0. The molecule has 0 aromatic rings. The Hall–Kier alpha value is -3.22. The van der Waals surface area contributed by atoms with E-state index in [4.69, 9.17) is 11.5 Å². The highest BCUT2D eigenvalue weighted by atomic mass is 16.4. The zero-order chi connectivity index (χ0) is 24.8. The number of carboxylic acids is 1. The van der Waals surface area contributed by atoms with Crippen molar-refractivity contribution in [3.8, 4) is 0 Å². The summed E-state index contributed by atoms with van der Waals surface area (Å²) in [7, 11) is 0. The van der Waals surface area contributed by atoms with Gasteiger partial charge in [-0.3, -0.25) is 34.3 Å². The molecule has 13 heteroatoms. The van der Waals surface area contributed by atoms with E-state index in [1.165, 1.54) is 0 Å². The van der Waals surface area contributed by atoms with Crippen molar-refractivity contribution in [3.63, 3.8) is 0 Å². The largest absolute Gasteiger partial charge is 0.481 e. The molecule has 3 heterocycles. The maximum atomic E-state index is 13.5. The Kier molecular flexibility index (Phi) is 8.42. The summed E-state index contributed by atoms with van der Waals surface area (Å²) in [6.45, 7) is -0.151. The van der Waals surface area contributed by atoms with Crippen LogP contribution in [-0.4, -0.2) is 88.7 Å². The van der Waals surface area contributed by atoms with E-state index in [1.54, 1.807) is 4.90 Å². The Morgan fingerprint density at radius 2 is 1.85 bits per heavy atom. The number of amides is 3. The van der Waals surface area contributed by atoms with Gasteiger partial charge in [-0.05, 0) is 44.9 Å². The van der Waals surface area contributed by atoms with Crippen LogP contribution in [0.1, 0.15) is 51.4 Å². The minimum atomic E-state index is -1.21. The molecule has 0 spiro atoms. The lowest BCUT2D eigenvalue weighted by atomic mass is 9.97. The van der Waals surface area contributed by atoms with Gasteiger partial charge in [0.05, 0.1) is 37.1 Å². The zero-order valence-corrected chi connectivity index (χ0v) is 19.0. The van der Waals surface area contributed by atoms with E-state index in [0.29, 0.717) is 38.5 Å². The Morgan fingerprint density at radius 3 is 2.56 bits per heavy atom. The average molecular weight is 480 g/mol. The smallest absolute Gasteiger partial charge is 0.305 e. The number of rotatable bonds is 6. The van der Waals surface area contributed by atoms with Gasteiger partial charge in [-0.25, -0.2) is 0 Å². The van der Waals surface area contributed by atoms with Crippen LogP contribution in [0.4, 0.5) is 0 Å². The Morgan fingerprint density at radius 1 is 1.09 bits per heavy atom. The standard InChI is InChI=1S/C21H33N7O6/c22-21(23)24-8-2-5-12-18(32)15-7-6-11-3-1-4-13(20(34)28(11)15)26-14(9-17(30)31)19(33)25-10-16(29)27-12/h11-15,26H,1-10H2,(H,25,33)(H,27,29)(H,30,31)(H4,22,23,24)/t11-,12+,13-,14+,15+/m1/s1. The van der Waals surface area contributed by atoms with Crippen molar-refractivity contribution >= 4 is 35.4 Å². The summed E-state index contributed by atoms with van der Waals surface area (Å²) in [5.74, 6) is -3.14. The molecule has 188 valence electrons. The summed E-state index contributed by atoms with van der Waals surface area (Å²) in [5.41, 5.74) is 10.7. The maximum Gasteiger partial charge on any atom is 0.305 e. The lowest BCUT2D eigenvalue weighted by Crippen LogP contribution is -2.57. The number of Topliss-reactive ketones (excluding diaryl/α,β-unsaturated/α-hetero) is 1. The van der Waals surface area contributed by atoms with Gasteiger partial charge in [-0.15, -0.1) is 0 Å². The van der Waals surface area contributed by atoms with Gasteiger partial charge >= 0.3 is 5.97 Å². The first-order chi connectivity index (χ1) is 16.2. The molecule has 5 atom stereocenters. The Balaban J connectivity index is 1.89. The monoisotopic (exact) mass is 479 g/mol. The molecule has 0 unspecified atom stereocenters. The Bertz CT molecular complexity index is 859. The van der Waals surface area contributed by atoms with Crippen molar-refractivity contribution in [1.82, 2.24) is 20.9 Å². The summed E-state index contributed by atoms with van der Waals surface area (Å²) in [5, 5.41) is 17.2. The number of nitrogens with zero attached hydrogens (tertiary/aromatic N) is 2. The second kappa shape index (κ2) is 11.3. The van der Waals surface area contributed by atoms with Crippen LogP contribution in [0.5, 0.6) is 0 Å². The van der Waals surface area contributed by atoms with Crippen molar-refractivity contribution in [2.45, 2.75) is 81.6 Å². The summed E-state index contributed by atoms with van der Waals surface area (Å²) in [6, 6.07) is -3.67. The van der Waals surface area contributed by atoms with Crippen molar-refractivity contribution in [1.29, 1.82) is 0 Å². The number of hydrogen-bond donors (Lipinski definition) is 6. The van der Waals surface area contributed by atoms with E-state index in [-0.39, 0.29) is 36.7 Å². The first kappa shape index (κ1) is 25.4. The van der Waals surface area contributed by atoms with Gasteiger partial charge < -0.3 is 32.1 Å². The number of carbonyl (C=O) groups is 5. The number of nitrogens with one attached hydrogen (secondary N) is 3. The molecule has 0 aliphatic carbocycles. The predicted molar refractivity (Wildman–Crippen MR) is 120 cm³/mol. The van der Waals surface area contributed by atoms with Crippen molar-refractivity contribution < 1.29 is 29.1 Å². The number of hydrogen-bond acceptors (Lipinski definition) is 7. The third kappa shape index (κ3) is 6.22. The third-order valence-electron chi connectivity index (χ3n) is 6.56. The minimum Gasteiger partial charge on any atom is -0.481 e.